The molecule has 1 aliphatic heterocycles. The minimum Gasteiger partial charge on any atom is -0.368 e. The number of primary amides is 1. The van der Waals surface area contributed by atoms with Crippen LogP contribution >= 0.6 is 0 Å². The third-order valence-electron chi connectivity index (χ3n) is 5.99. The van der Waals surface area contributed by atoms with Gasteiger partial charge in [0.05, 0.1) is 5.54 Å². The topological polar surface area (TPSA) is 58.4 Å². The molecule has 0 aromatic heterocycles. The zero-order valence-electron chi connectivity index (χ0n) is 14.1. The molecule has 1 unspecified atom stereocenters. The number of likely N-dealkylation sites (tertiary alicyclic amines) is 1. The summed E-state index contributed by atoms with van der Waals surface area (Å²) in [5, 5.41) is 3.44. The maximum absolute atomic E-state index is 11.8. The first-order valence-corrected chi connectivity index (χ1v) is 8.73. The van der Waals surface area contributed by atoms with Gasteiger partial charge in [-0.25, -0.2) is 0 Å². The molecule has 0 aromatic carbocycles. The summed E-state index contributed by atoms with van der Waals surface area (Å²) in [6.07, 6.45) is 8.36. The molecule has 1 saturated carbocycles. The molecule has 122 valence electrons. The van der Waals surface area contributed by atoms with Gasteiger partial charge in [0.15, 0.2) is 0 Å². The third-order valence-corrected chi connectivity index (χ3v) is 5.99. The maximum Gasteiger partial charge on any atom is 0.237 e. The summed E-state index contributed by atoms with van der Waals surface area (Å²) in [5.74, 6) is -0.206. The molecule has 0 aromatic rings. The van der Waals surface area contributed by atoms with Crippen molar-refractivity contribution in [3.63, 3.8) is 0 Å². The number of amides is 1. The van der Waals surface area contributed by atoms with Crippen LogP contribution in [0.25, 0.3) is 0 Å². The Kier molecular flexibility index (Phi) is 5.31. The van der Waals surface area contributed by atoms with E-state index in [1.54, 1.807) is 0 Å². The highest BCUT2D eigenvalue weighted by Crippen LogP contribution is 2.38. The molecule has 2 aliphatic rings. The number of hydrogen-bond donors (Lipinski definition) is 2. The zero-order chi connectivity index (χ0) is 15.5. The van der Waals surface area contributed by atoms with Crippen LogP contribution in [0.1, 0.15) is 65.7 Å². The van der Waals surface area contributed by atoms with Gasteiger partial charge in [-0.15, -0.1) is 0 Å². The zero-order valence-corrected chi connectivity index (χ0v) is 14.1. The van der Waals surface area contributed by atoms with Gasteiger partial charge in [-0.05, 0) is 57.5 Å². The summed E-state index contributed by atoms with van der Waals surface area (Å²) in [6, 6.07) is 0.511. The lowest BCUT2D eigenvalue weighted by Gasteiger charge is -2.42. The highest BCUT2D eigenvalue weighted by Gasteiger charge is 2.38. The number of carbonyl (C=O) groups is 1. The van der Waals surface area contributed by atoms with E-state index in [0.717, 1.165) is 13.0 Å². The SMILES string of the molecule is CCC1(CC)CCN(CCC(C)(NC2CC2)C(N)=O)CC1. The number of nitrogens with two attached hydrogens (primary N) is 1. The van der Waals surface area contributed by atoms with Crippen molar-refractivity contribution in [2.45, 2.75) is 77.3 Å². The lowest BCUT2D eigenvalue weighted by atomic mass is 9.74. The van der Waals surface area contributed by atoms with Gasteiger partial charge in [0.25, 0.3) is 0 Å². The Balaban J connectivity index is 1.81. The van der Waals surface area contributed by atoms with E-state index in [4.69, 9.17) is 5.73 Å². The number of nitrogens with one attached hydrogen (secondary N) is 1. The van der Waals surface area contributed by atoms with Gasteiger partial charge < -0.3 is 16.0 Å². The van der Waals surface area contributed by atoms with Crippen molar-refractivity contribution < 1.29 is 4.79 Å². The van der Waals surface area contributed by atoms with Crippen molar-refractivity contribution in [2.75, 3.05) is 19.6 Å². The molecule has 0 spiro atoms. The van der Waals surface area contributed by atoms with E-state index in [1.807, 2.05) is 6.92 Å². The molecule has 4 heteroatoms. The standard InChI is InChI=1S/C17H33N3O/c1-4-17(5-2)9-12-20(13-10-17)11-8-16(3,15(18)21)19-14-6-7-14/h14,19H,4-13H2,1-3H3,(H2,18,21). The molecule has 21 heavy (non-hydrogen) atoms. The molecule has 4 nitrogen and oxygen atoms in total. The van der Waals surface area contributed by atoms with Crippen molar-refractivity contribution in [3.05, 3.63) is 0 Å². The van der Waals surface area contributed by atoms with Crippen molar-refractivity contribution >= 4 is 5.91 Å². The minimum atomic E-state index is -0.536. The van der Waals surface area contributed by atoms with E-state index in [2.05, 4.69) is 24.1 Å². The molecule has 1 heterocycles. The number of piperidine rings is 1. The number of hydrogen-bond acceptors (Lipinski definition) is 3. The molecule has 0 radical (unpaired) electrons. The smallest absolute Gasteiger partial charge is 0.237 e. The highest BCUT2D eigenvalue weighted by molar-refractivity contribution is 5.84. The Hall–Kier alpha value is -0.610. The van der Waals surface area contributed by atoms with Crippen LogP contribution in [0.2, 0.25) is 0 Å². The van der Waals surface area contributed by atoms with Gasteiger partial charge >= 0.3 is 0 Å². The average molecular weight is 295 g/mol. The summed E-state index contributed by atoms with van der Waals surface area (Å²) < 4.78 is 0. The Labute approximate surface area is 129 Å². The molecule has 1 amide bonds. The van der Waals surface area contributed by atoms with Gasteiger partial charge in [-0.1, -0.05) is 26.7 Å². The maximum atomic E-state index is 11.8. The first-order valence-electron chi connectivity index (χ1n) is 8.73. The molecule has 1 atom stereocenters. The molecule has 0 bridgehead atoms. The third kappa shape index (κ3) is 4.19. The van der Waals surface area contributed by atoms with E-state index in [-0.39, 0.29) is 5.91 Å². The largest absolute Gasteiger partial charge is 0.368 e. The van der Waals surface area contributed by atoms with E-state index in [1.165, 1.54) is 51.6 Å². The van der Waals surface area contributed by atoms with Crippen LogP contribution in [0.5, 0.6) is 0 Å². The van der Waals surface area contributed by atoms with Gasteiger partial charge in [0.2, 0.25) is 5.91 Å². The molecular weight excluding hydrogens is 262 g/mol. The van der Waals surface area contributed by atoms with Crippen molar-refractivity contribution in [2.24, 2.45) is 11.1 Å². The van der Waals surface area contributed by atoms with Crippen molar-refractivity contribution in [1.82, 2.24) is 10.2 Å². The predicted octanol–water partition coefficient (Wildman–Crippen LogP) is 2.27. The Morgan fingerprint density at radius 3 is 2.29 bits per heavy atom. The Morgan fingerprint density at radius 1 is 1.29 bits per heavy atom. The van der Waals surface area contributed by atoms with Gasteiger partial charge in [-0.3, -0.25) is 4.79 Å². The monoisotopic (exact) mass is 295 g/mol. The van der Waals surface area contributed by atoms with Crippen LogP contribution in [-0.4, -0.2) is 42.0 Å². The fourth-order valence-corrected chi connectivity index (χ4v) is 3.53. The molecule has 2 rings (SSSR count). The molecular formula is C17H33N3O. The Bertz CT molecular complexity index is 353. The van der Waals surface area contributed by atoms with Crippen molar-refractivity contribution in [3.8, 4) is 0 Å². The van der Waals surface area contributed by atoms with Crippen LogP contribution in [0.4, 0.5) is 0 Å². The van der Waals surface area contributed by atoms with Gasteiger partial charge in [0, 0.05) is 12.6 Å². The summed E-state index contributed by atoms with van der Waals surface area (Å²) in [5.41, 5.74) is 5.66. The summed E-state index contributed by atoms with van der Waals surface area (Å²) in [7, 11) is 0. The van der Waals surface area contributed by atoms with Gasteiger partial charge in [0.1, 0.15) is 0 Å². The van der Waals surface area contributed by atoms with Crippen molar-refractivity contribution in [1.29, 1.82) is 0 Å². The number of carbonyl (C=O) groups excluding carboxylic acids is 1. The van der Waals surface area contributed by atoms with E-state index in [9.17, 15) is 4.79 Å². The average Bonchev–Trinajstić information content (AvgIpc) is 3.29. The Morgan fingerprint density at radius 2 is 1.86 bits per heavy atom. The van der Waals surface area contributed by atoms with Crippen LogP contribution in [-0.2, 0) is 4.79 Å². The molecule has 1 aliphatic carbocycles. The second-order valence-corrected chi connectivity index (χ2v) is 7.41. The first kappa shape index (κ1) is 16.8. The normalized spacial score (nSPS) is 25.5. The van der Waals surface area contributed by atoms with E-state index < -0.39 is 5.54 Å². The van der Waals surface area contributed by atoms with Crippen LogP contribution in [0, 0.1) is 5.41 Å². The summed E-state index contributed by atoms with van der Waals surface area (Å²) >= 11 is 0. The quantitative estimate of drug-likeness (QED) is 0.722. The number of rotatable bonds is 8. The lowest BCUT2D eigenvalue weighted by Crippen LogP contribution is -2.55. The molecule has 2 fully saturated rings. The van der Waals surface area contributed by atoms with Crippen LogP contribution in [0.3, 0.4) is 0 Å². The second-order valence-electron chi connectivity index (χ2n) is 7.41. The second kappa shape index (κ2) is 6.66. The van der Waals surface area contributed by atoms with Crippen LogP contribution < -0.4 is 11.1 Å². The summed E-state index contributed by atoms with van der Waals surface area (Å²) in [6.45, 7) is 9.92. The van der Waals surface area contributed by atoms with E-state index in [0.29, 0.717) is 11.5 Å². The van der Waals surface area contributed by atoms with E-state index >= 15 is 0 Å². The van der Waals surface area contributed by atoms with Gasteiger partial charge in [-0.2, -0.15) is 0 Å². The predicted molar refractivity (Wildman–Crippen MR) is 87.1 cm³/mol. The van der Waals surface area contributed by atoms with Crippen LogP contribution in [0.15, 0.2) is 0 Å². The highest BCUT2D eigenvalue weighted by atomic mass is 16.1. The molecule has 3 N–H and O–H groups in total. The number of nitrogens with zero attached hydrogens (tertiary/aromatic N) is 1. The fraction of sp³-hybridized carbons (Fsp3) is 0.941. The minimum absolute atomic E-state index is 0.206. The lowest BCUT2D eigenvalue weighted by molar-refractivity contribution is -0.124. The first-order chi connectivity index (χ1) is 9.93. The fourth-order valence-electron chi connectivity index (χ4n) is 3.53. The molecule has 1 saturated heterocycles. The summed E-state index contributed by atoms with van der Waals surface area (Å²) in [4.78, 5) is 14.3.